The molecule has 0 aliphatic carbocycles. The lowest BCUT2D eigenvalue weighted by Gasteiger charge is -2.20. The second kappa shape index (κ2) is 9.00. The van der Waals surface area contributed by atoms with Crippen LogP contribution in [0.25, 0.3) is 0 Å². The third-order valence-corrected chi connectivity index (χ3v) is 5.34. The van der Waals surface area contributed by atoms with Crippen molar-refractivity contribution in [3.63, 3.8) is 0 Å². The summed E-state index contributed by atoms with van der Waals surface area (Å²) < 4.78 is 1.22. The van der Waals surface area contributed by atoms with E-state index < -0.39 is 0 Å². The molecule has 0 saturated carbocycles. The standard InChI is InChI=1S/C15H24BrNS/c1-4-12(3)18-11-14(17-5-2)10-13-8-6-7-9-15(13)16/h6-9,12,14,17H,4-5,10-11H2,1-3H3. The van der Waals surface area contributed by atoms with E-state index in [-0.39, 0.29) is 0 Å². The minimum absolute atomic E-state index is 0.563. The Labute approximate surface area is 124 Å². The van der Waals surface area contributed by atoms with Crippen LogP contribution in [0.3, 0.4) is 0 Å². The molecule has 0 fully saturated rings. The van der Waals surface area contributed by atoms with Crippen LogP contribution in [0.4, 0.5) is 0 Å². The van der Waals surface area contributed by atoms with Crippen molar-refractivity contribution in [3.05, 3.63) is 34.3 Å². The highest BCUT2D eigenvalue weighted by Gasteiger charge is 2.12. The van der Waals surface area contributed by atoms with E-state index in [0.29, 0.717) is 6.04 Å². The van der Waals surface area contributed by atoms with Gasteiger partial charge in [0.25, 0.3) is 0 Å². The number of benzene rings is 1. The summed E-state index contributed by atoms with van der Waals surface area (Å²) >= 11 is 5.71. The molecule has 1 rings (SSSR count). The maximum absolute atomic E-state index is 3.64. The summed E-state index contributed by atoms with van der Waals surface area (Å²) in [7, 11) is 0. The molecule has 0 bridgehead atoms. The lowest BCUT2D eigenvalue weighted by atomic mass is 10.1. The van der Waals surface area contributed by atoms with Gasteiger partial charge < -0.3 is 5.32 Å². The number of hydrogen-bond acceptors (Lipinski definition) is 2. The molecule has 0 aromatic heterocycles. The van der Waals surface area contributed by atoms with Gasteiger partial charge in [-0.25, -0.2) is 0 Å². The van der Waals surface area contributed by atoms with Crippen LogP contribution in [-0.2, 0) is 6.42 Å². The summed E-state index contributed by atoms with van der Waals surface area (Å²) in [5, 5.41) is 4.35. The first-order valence-corrected chi connectivity index (χ1v) is 8.59. The number of likely N-dealkylation sites (N-methyl/N-ethyl adjacent to an activating group) is 1. The van der Waals surface area contributed by atoms with Gasteiger partial charge in [-0.3, -0.25) is 0 Å². The summed E-state index contributed by atoms with van der Waals surface area (Å²) in [5.74, 6) is 1.18. The maximum Gasteiger partial charge on any atom is 0.0207 e. The fourth-order valence-corrected chi connectivity index (χ4v) is 3.29. The molecule has 1 aromatic rings. The average molecular weight is 330 g/mol. The first-order chi connectivity index (χ1) is 8.67. The van der Waals surface area contributed by atoms with Crippen molar-refractivity contribution >= 4 is 27.7 Å². The topological polar surface area (TPSA) is 12.0 Å². The number of halogens is 1. The molecule has 0 spiro atoms. The smallest absolute Gasteiger partial charge is 0.0207 e. The Kier molecular flexibility index (Phi) is 8.03. The van der Waals surface area contributed by atoms with Crippen LogP contribution in [-0.4, -0.2) is 23.6 Å². The molecule has 2 atom stereocenters. The molecule has 0 heterocycles. The third kappa shape index (κ3) is 5.77. The van der Waals surface area contributed by atoms with E-state index in [1.807, 2.05) is 0 Å². The SMILES string of the molecule is CCNC(CSC(C)CC)Cc1ccccc1Br. The van der Waals surface area contributed by atoms with Crippen LogP contribution in [0, 0.1) is 0 Å². The fourth-order valence-electron chi connectivity index (χ4n) is 1.81. The minimum atomic E-state index is 0.563. The van der Waals surface area contributed by atoms with Gasteiger partial charge in [-0.1, -0.05) is 54.9 Å². The van der Waals surface area contributed by atoms with Crippen LogP contribution in [0.1, 0.15) is 32.8 Å². The van der Waals surface area contributed by atoms with Gasteiger partial charge in [0.2, 0.25) is 0 Å². The summed E-state index contributed by atoms with van der Waals surface area (Å²) in [6.45, 7) is 7.79. The second-order valence-electron chi connectivity index (χ2n) is 4.60. The largest absolute Gasteiger partial charge is 0.313 e. The van der Waals surface area contributed by atoms with Gasteiger partial charge in [-0.05, 0) is 31.0 Å². The Balaban J connectivity index is 2.54. The molecular formula is C15H24BrNS. The fraction of sp³-hybridized carbons (Fsp3) is 0.600. The van der Waals surface area contributed by atoms with E-state index in [2.05, 4.69) is 78.0 Å². The molecule has 0 radical (unpaired) electrons. The van der Waals surface area contributed by atoms with E-state index >= 15 is 0 Å². The van der Waals surface area contributed by atoms with Gasteiger partial charge in [0.15, 0.2) is 0 Å². The van der Waals surface area contributed by atoms with Gasteiger partial charge >= 0.3 is 0 Å². The van der Waals surface area contributed by atoms with Crippen LogP contribution in [0.2, 0.25) is 0 Å². The molecule has 1 nitrogen and oxygen atoms in total. The van der Waals surface area contributed by atoms with Crippen molar-refractivity contribution in [2.24, 2.45) is 0 Å². The van der Waals surface area contributed by atoms with Crippen LogP contribution >= 0.6 is 27.7 Å². The minimum Gasteiger partial charge on any atom is -0.313 e. The molecule has 1 aromatic carbocycles. The summed E-state index contributed by atoms with van der Waals surface area (Å²) in [4.78, 5) is 0. The van der Waals surface area contributed by atoms with E-state index in [1.165, 1.54) is 22.2 Å². The van der Waals surface area contributed by atoms with Gasteiger partial charge in [0, 0.05) is 21.5 Å². The highest BCUT2D eigenvalue weighted by atomic mass is 79.9. The predicted molar refractivity (Wildman–Crippen MR) is 87.5 cm³/mol. The van der Waals surface area contributed by atoms with Crippen molar-refractivity contribution in [2.75, 3.05) is 12.3 Å². The highest BCUT2D eigenvalue weighted by Crippen LogP contribution is 2.20. The van der Waals surface area contributed by atoms with Crippen LogP contribution < -0.4 is 5.32 Å². The Morgan fingerprint density at radius 2 is 2.00 bits per heavy atom. The van der Waals surface area contributed by atoms with Crippen LogP contribution in [0.5, 0.6) is 0 Å². The molecule has 3 heteroatoms. The molecule has 0 amide bonds. The summed E-state index contributed by atoms with van der Waals surface area (Å²) in [6, 6.07) is 9.09. The third-order valence-electron chi connectivity index (χ3n) is 3.07. The lowest BCUT2D eigenvalue weighted by molar-refractivity contribution is 0.571. The number of hydrogen-bond donors (Lipinski definition) is 1. The zero-order chi connectivity index (χ0) is 13.4. The molecule has 0 aliphatic heterocycles. The predicted octanol–water partition coefficient (Wildman–Crippen LogP) is 4.50. The molecule has 2 unspecified atom stereocenters. The molecular weight excluding hydrogens is 306 g/mol. The Hall–Kier alpha value is 0.01000. The summed E-state index contributed by atoms with van der Waals surface area (Å²) in [5.41, 5.74) is 1.40. The normalized spacial score (nSPS) is 14.4. The van der Waals surface area contributed by atoms with Gasteiger partial charge in [0.05, 0.1) is 0 Å². The molecule has 102 valence electrons. The first kappa shape index (κ1) is 16.1. The van der Waals surface area contributed by atoms with Gasteiger partial charge in [-0.15, -0.1) is 0 Å². The van der Waals surface area contributed by atoms with Crippen molar-refractivity contribution in [1.29, 1.82) is 0 Å². The average Bonchev–Trinajstić information content (AvgIpc) is 2.38. The second-order valence-corrected chi connectivity index (χ2v) is 6.93. The van der Waals surface area contributed by atoms with Crippen LogP contribution in [0.15, 0.2) is 28.7 Å². The van der Waals surface area contributed by atoms with E-state index in [4.69, 9.17) is 0 Å². The van der Waals surface area contributed by atoms with E-state index in [0.717, 1.165) is 18.2 Å². The van der Waals surface area contributed by atoms with Crippen molar-refractivity contribution < 1.29 is 0 Å². The Morgan fingerprint density at radius 3 is 2.61 bits per heavy atom. The van der Waals surface area contributed by atoms with Crippen molar-refractivity contribution in [3.8, 4) is 0 Å². The van der Waals surface area contributed by atoms with E-state index in [9.17, 15) is 0 Å². The maximum atomic E-state index is 3.64. The van der Waals surface area contributed by atoms with Crippen molar-refractivity contribution in [1.82, 2.24) is 5.32 Å². The first-order valence-electron chi connectivity index (χ1n) is 6.75. The van der Waals surface area contributed by atoms with Crippen molar-refractivity contribution in [2.45, 2.75) is 44.9 Å². The zero-order valence-corrected chi connectivity index (χ0v) is 14.0. The number of nitrogens with one attached hydrogen (secondary N) is 1. The Bertz CT molecular complexity index is 343. The molecule has 0 saturated heterocycles. The van der Waals surface area contributed by atoms with Gasteiger partial charge in [0.1, 0.15) is 0 Å². The zero-order valence-electron chi connectivity index (χ0n) is 11.6. The van der Waals surface area contributed by atoms with Gasteiger partial charge in [-0.2, -0.15) is 11.8 Å². The summed E-state index contributed by atoms with van der Waals surface area (Å²) in [6.07, 6.45) is 2.34. The lowest BCUT2D eigenvalue weighted by Crippen LogP contribution is -2.33. The molecule has 1 N–H and O–H groups in total. The monoisotopic (exact) mass is 329 g/mol. The quantitative estimate of drug-likeness (QED) is 0.753. The highest BCUT2D eigenvalue weighted by molar-refractivity contribution is 9.10. The molecule has 0 aliphatic rings. The molecule has 18 heavy (non-hydrogen) atoms. The number of rotatable bonds is 8. The number of thioether (sulfide) groups is 1. The Morgan fingerprint density at radius 1 is 1.28 bits per heavy atom. The van der Waals surface area contributed by atoms with E-state index in [1.54, 1.807) is 0 Å².